The van der Waals surface area contributed by atoms with E-state index >= 15 is 0 Å². The van der Waals surface area contributed by atoms with Crippen molar-refractivity contribution in [2.75, 3.05) is 6.54 Å². The summed E-state index contributed by atoms with van der Waals surface area (Å²) in [6.45, 7) is 5.01. The molecule has 1 aromatic carbocycles. The molecule has 88 valence electrons. The first-order chi connectivity index (χ1) is 7.72. The maximum atomic E-state index is 11.6. The summed E-state index contributed by atoms with van der Waals surface area (Å²) in [5, 5.41) is 2.95. The third-order valence-corrected chi connectivity index (χ3v) is 2.55. The van der Waals surface area contributed by atoms with Gasteiger partial charge in [-0.15, -0.1) is 0 Å². The van der Waals surface area contributed by atoms with Crippen LogP contribution >= 0.6 is 0 Å². The third kappa shape index (κ3) is 4.96. The molecule has 0 aliphatic carbocycles. The van der Waals surface area contributed by atoms with E-state index in [1.165, 1.54) is 18.4 Å². The molecule has 16 heavy (non-hydrogen) atoms. The SMILES string of the molecule is CCCCCNC(=O)Cc1cccc(C)c1. The fourth-order valence-corrected chi connectivity index (χ4v) is 1.67. The van der Waals surface area contributed by atoms with E-state index in [2.05, 4.69) is 18.3 Å². The molecule has 0 atom stereocenters. The van der Waals surface area contributed by atoms with Crippen molar-refractivity contribution in [2.24, 2.45) is 0 Å². The van der Waals surface area contributed by atoms with Crippen LogP contribution in [-0.4, -0.2) is 12.5 Å². The predicted molar refractivity (Wildman–Crippen MR) is 67.4 cm³/mol. The number of amides is 1. The molecule has 0 spiro atoms. The first-order valence-electron chi connectivity index (χ1n) is 6.04. The van der Waals surface area contributed by atoms with Crippen molar-refractivity contribution in [3.8, 4) is 0 Å². The molecule has 0 aromatic heterocycles. The van der Waals surface area contributed by atoms with Crippen molar-refractivity contribution in [3.63, 3.8) is 0 Å². The minimum absolute atomic E-state index is 0.127. The Morgan fingerprint density at radius 3 is 2.81 bits per heavy atom. The lowest BCUT2D eigenvalue weighted by Crippen LogP contribution is -2.26. The molecule has 0 heterocycles. The van der Waals surface area contributed by atoms with Gasteiger partial charge in [-0.05, 0) is 18.9 Å². The lowest BCUT2D eigenvalue weighted by Gasteiger charge is -2.05. The zero-order chi connectivity index (χ0) is 11.8. The van der Waals surface area contributed by atoms with E-state index in [-0.39, 0.29) is 5.91 Å². The molecule has 0 saturated heterocycles. The van der Waals surface area contributed by atoms with E-state index in [1.54, 1.807) is 0 Å². The largest absolute Gasteiger partial charge is 0.356 e. The topological polar surface area (TPSA) is 29.1 Å². The first-order valence-corrected chi connectivity index (χ1v) is 6.04. The minimum atomic E-state index is 0.127. The molecule has 2 heteroatoms. The van der Waals surface area contributed by atoms with Crippen molar-refractivity contribution in [3.05, 3.63) is 35.4 Å². The van der Waals surface area contributed by atoms with E-state index in [0.717, 1.165) is 18.5 Å². The minimum Gasteiger partial charge on any atom is -0.356 e. The van der Waals surface area contributed by atoms with Gasteiger partial charge in [0.1, 0.15) is 0 Å². The summed E-state index contributed by atoms with van der Waals surface area (Å²) >= 11 is 0. The standard InChI is InChI=1S/C14H21NO/c1-3-4-5-9-15-14(16)11-13-8-6-7-12(2)10-13/h6-8,10H,3-5,9,11H2,1-2H3,(H,15,16). The summed E-state index contributed by atoms with van der Waals surface area (Å²) in [6.07, 6.45) is 3.95. The number of carbonyl (C=O) groups is 1. The van der Waals surface area contributed by atoms with E-state index < -0.39 is 0 Å². The predicted octanol–water partition coefficient (Wildman–Crippen LogP) is 2.84. The average molecular weight is 219 g/mol. The molecule has 0 radical (unpaired) electrons. The van der Waals surface area contributed by atoms with Crippen molar-refractivity contribution in [1.82, 2.24) is 5.32 Å². The third-order valence-electron chi connectivity index (χ3n) is 2.55. The molecule has 1 N–H and O–H groups in total. The Morgan fingerprint density at radius 2 is 2.12 bits per heavy atom. The van der Waals surface area contributed by atoms with Crippen LogP contribution in [0, 0.1) is 6.92 Å². The van der Waals surface area contributed by atoms with Gasteiger partial charge in [0.15, 0.2) is 0 Å². The molecule has 1 amide bonds. The number of carbonyl (C=O) groups excluding carboxylic acids is 1. The van der Waals surface area contributed by atoms with E-state index in [1.807, 2.05) is 25.1 Å². The van der Waals surface area contributed by atoms with E-state index in [9.17, 15) is 4.79 Å². The van der Waals surface area contributed by atoms with Gasteiger partial charge >= 0.3 is 0 Å². The van der Waals surface area contributed by atoms with Gasteiger partial charge in [0, 0.05) is 6.54 Å². The van der Waals surface area contributed by atoms with Gasteiger partial charge in [0.05, 0.1) is 6.42 Å². The van der Waals surface area contributed by atoms with Gasteiger partial charge in [-0.2, -0.15) is 0 Å². The normalized spacial score (nSPS) is 10.1. The fraction of sp³-hybridized carbons (Fsp3) is 0.500. The zero-order valence-electron chi connectivity index (χ0n) is 10.3. The Hall–Kier alpha value is -1.31. The lowest BCUT2D eigenvalue weighted by atomic mass is 10.1. The lowest BCUT2D eigenvalue weighted by molar-refractivity contribution is -0.120. The van der Waals surface area contributed by atoms with Crippen LogP contribution in [0.5, 0.6) is 0 Å². The van der Waals surface area contributed by atoms with Gasteiger partial charge in [-0.3, -0.25) is 4.79 Å². The van der Waals surface area contributed by atoms with Crippen molar-refractivity contribution < 1.29 is 4.79 Å². The Morgan fingerprint density at radius 1 is 1.31 bits per heavy atom. The zero-order valence-corrected chi connectivity index (χ0v) is 10.3. The highest BCUT2D eigenvalue weighted by atomic mass is 16.1. The van der Waals surface area contributed by atoms with Crippen LogP contribution in [0.1, 0.15) is 37.3 Å². The van der Waals surface area contributed by atoms with Gasteiger partial charge < -0.3 is 5.32 Å². The number of aryl methyl sites for hydroxylation is 1. The molecule has 0 fully saturated rings. The van der Waals surface area contributed by atoms with Crippen LogP contribution in [0.4, 0.5) is 0 Å². The summed E-state index contributed by atoms with van der Waals surface area (Å²) in [4.78, 5) is 11.6. The Balaban J connectivity index is 2.29. The number of nitrogens with one attached hydrogen (secondary N) is 1. The second-order valence-corrected chi connectivity index (χ2v) is 4.22. The van der Waals surface area contributed by atoms with Gasteiger partial charge in [0.2, 0.25) is 5.91 Å². The van der Waals surface area contributed by atoms with Crippen LogP contribution in [0.15, 0.2) is 24.3 Å². The van der Waals surface area contributed by atoms with Crippen LogP contribution in [0.3, 0.4) is 0 Å². The van der Waals surface area contributed by atoms with Crippen molar-refractivity contribution in [2.45, 2.75) is 39.5 Å². The molecule has 0 bridgehead atoms. The van der Waals surface area contributed by atoms with Gasteiger partial charge in [-0.25, -0.2) is 0 Å². The number of benzene rings is 1. The quantitative estimate of drug-likeness (QED) is 0.732. The highest BCUT2D eigenvalue weighted by Gasteiger charge is 2.02. The Bertz CT molecular complexity index is 333. The average Bonchev–Trinajstić information content (AvgIpc) is 2.24. The first kappa shape index (κ1) is 12.8. The summed E-state index contributed by atoms with van der Waals surface area (Å²) < 4.78 is 0. The molecule has 0 aliphatic rings. The number of rotatable bonds is 6. The molecule has 1 aromatic rings. The monoisotopic (exact) mass is 219 g/mol. The number of hydrogen-bond donors (Lipinski definition) is 1. The Labute approximate surface area is 98.1 Å². The molecular weight excluding hydrogens is 198 g/mol. The summed E-state index contributed by atoms with van der Waals surface area (Å²) in [6, 6.07) is 8.10. The van der Waals surface area contributed by atoms with Crippen LogP contribution in [0.25, 0.3) is 0 Å². The number of hydrogen-bond acceptors (Lipinski definition) is 1. The molecule has 2 nitrogen and oxygen atoms in total. The van der Waals surface area contributed by atoms with Crippen molar-refractivity contribution in [1.29, 1.82) is 0 Å². The molecule has 0 unspecified atom stereocenters. The van der Waals surface area contributed by atoms with Crippen molar-refractivity contribution >= 4 is 5.91 Å². The maximum Gasteiger partial charge on any atom is 0.224 e. The Kier molecular flexibility index (Phi) is 5.62. The number of unbranched alkanes of at least 4 members (excludes halogenated alkanes) is 2. The molecule has 1 rings (SSSR count). The van der Waals surface area contributed by atoms with Gasteiger partial charge in [0.25, 0.3) is 0 Å². The van der Waals surface area contributed by atoms with Gasteiger partial charge in [-0.1, -0.05) is 49.6 Å². The summed E-state index contributed by atoms with van der Waals surface area (Å²) in [5.74, 6) is 0.127. The smallest absolute Gasteiger partial charge is 0.224 e. The second-order valence-electron chi connectivity index (χ2n) is 4.22. The molecule has 0 aliphatic heterocycles. The van der Waals surface area contributed by atoms with E-state index in [4.69, 9.17) is 0 Å². The highest BCUT2D eigenvalue weighted by molar-refractivity contribution is 5.78. The highest BCUT2D eigenvalue weighted by Crippen LogP contribution is 2.04. The summed E-state index contributed by atoms with van der Waals surface area (Å²) in [7, 11) is 0. The van der Waals surface area contributed by atoms with E-state index in [0.29, 0.717) is 6.42 Å². The molecule has 0 saturated carbocycles. The van der Waals surface area contributed by atoms with Crippen LogP contribution in [0.2, 0.25) is 0 Å². The van der Waals surface area contributed by atoms with Crippen LogP contribution < -0.4 is 5.32 Å². The molecular formula is C14H21NO. The fourth-order valence-electron chi connectivity index (χ4n) is 1.67. The summed E-state index contributed by atoms with van der Waals surface area (Å²) in [5.41, 5.74) is 2.30. The maximum absolute atomic E-state index is 11.6. The second kappa shape index (κ2) is 7.04. The van der Waals surface area contributed by atoms with Crippen LogP contribution in [-0.2, 0) is 11.2 Å².